The van der Waals surface area contributed by atoms with E-state index < -0.39 is 6.04 Å². The Hall–Kier alpha value is -2.34. The van der Waals surface area contributed by atoms with Crippen LogP contribution in [-0.2, 0) is 21.9 Å². The molecule has 1 N–H and O–H groups in total. The Morgan fingerprint density at radius 1 is 1.13 bits per heavy atom. The Morgan fingerprint density at radius 3 is 2.50 bits per heavy atom. The molecule has 0 bridgehead atoms. The summed E-state index contributed by atoms with van der Waals surface area (Å²) in [5.41, 5.74) is 3.19. The number of benzene rings is 2. The highest BCUT2D eigenvalue weighted by atomic mass is 32.2. The monoisotopic (exact) mass is 430 g/mol. The van der Waals surface area contributed by atoms with Gasteiger partial charge in [-0.15, -0.1) is 11.8 Å². The van der Waals surface area contributed by atoms with Crippen LogP contribution in [0.2, 0.25) is 0 Å². The predicted molar refractivity (Wildman–Crippen MR) is 122 cm³/mol. The molecule has 0 heterocycles. The fraction of sp³-hybridized carbons (Fsp3) is 0.417. The van der Waals surface area contributed by atoms with Crippen LogP contribution in [0.1, 0.15) is 43.4 Å². The quantitative estimate of drug-likeness (QED) is 0.526. The first-order valence-corrected chi connectivity index (χ1v) is 11.5. The molecule has 0 unspecified atom stereocenters. The maximum absolute atomic E-state index is 13.3. The molecule has 1 atom stereocenters. The third-order valence-corrected chi connectivity index (χ3v) is 5.97. The molecule has 2 aromatic carbocycles. The smallest absolute Gasteiger partial charge is 0.242 e. The van der Waals surface area contributed by atoms with E-state index in [4.69, 9.17) is 0 Å². The van der Waals surface area contributed by atoms with Crippen LogP contribution in [-0.4, -0.2) is 35.1 Å². The van der Waals surface area contributed by atoms with Crippen molar-refractivity contribution in [1.82, 2.24) is 10.2 Å². The fourth-order valence-corrected chi connectivity index (χ4v) is 3.99. The highest BCUT2D eigenvalue weighted by molar-refractivity contribution is 7.99. The molecule has 6 heteroatoms. The van der Waals surface area contributed by atoms with E-state index in [0.29, 0.717) is 6.54 Å². The van der Waals surface area contributed by atoms with E-state index in [-0.39, 0.29) is 29.9 Å². The van der Waals surface area contributed by atoms with Crippen LogP contribution in [0.25, 0.3) is 0 Å². The van der Waals surface area contributed by atoms with E-state index in [1.165, 1.54) is 35.0 Å². The highest BCUT2D eigenvalue weighted by Crippen LogP contribution is 2.18. The SMILES string of the molecule is CCCCNC(=O)[C@@H](C)N(Cc1ccc(F)cc1)C(=O)CSCc1ccccc1C. The first-order valence-electron chi connectivity index (χ1n) is 10.4. The minimum Gasteiger partial charge on any atom is -0.354 e. The van der Waals surface area contributed by atoms with Crippen LogP contribution in [0.5, 0.6) is 0 Å². The lowest BCUT2D eigenvalue weighted by Gasteiger charge is -2.29. The Kier molecular flexibility index (Phi) is 9.87. The number of carbonyl (C=O) groups excluding carboxylic acids is 2. The summed E-state index contributed by atoms with van der Waals surface area (Å²) in [6.07, 6.45) is 1.89. The predicted octanol–water partition coefficient (Wildman–Crippen LogP) is 4.70. The van der Waals surface area contributed by atoms with Gasteiger partial charge in [0.15, 0.2) is 0 Å². The lowest BCUT2D eigenvalue weighted by molar-refractivity contribution is -0.138. The van der Waals surface area contributed by atoms with Gasteiger partial charge in [-0.2, -0.15) is 0 Å². The first-order chi connectivity index (χ1) is 14.4. The number of nitrogens with one attached hydrogen (secondary N) is 1. The molecule has 0 aromatic heterocycles. The standard InChI is InChI=1S/C24H31FN2O2S/c1-4-5-14-26-24(29)19(3)27(15-20-10-12-22(25)13-11-20)23(28)17-30-16-21-9-7-6-8-18(21)2/h6-13,19H,4-5,14-17H2,1-3H3,(H,26,29)/t19-/m1/s1. The molecule has 0 fully saturated rings. The van der Waals surface area contributed by atoms with Gasteiger partial charge >= 0.3 is 0 Å². The van der Waals surface area contributed by atoms with Crippen molar-refractivity contribution in [2.75, 3.05) is 12.3 Å². The Bertz CT molecular complexity index is 826. The van der Waals surface area contributed by atoms with Crippen LogP contribution < -0.4 is 5.32 Å². The summed E-state index contributed by atoms with van der Waals surface area (Å²) in [6.45, 7) is 6.73. The molecule has 2 amide bonds. The minimum atomic E-state index is -0.599. The molecule has 0 saturated heterocycles. The number of carbonyl (C=O) groups is 2. The van der Waals surface area contributed by atoms with Crippen molar-refractivity contribution >= 4 is 23.6 Å². The molecule has 0 aliphatic rings. The third kappa shape index (κ3) is 7.48. The summed E-state index contributed by atoms with van der Waals surface area (Å²) in [5.74, 6) is 0.428. The van der Waals surface area contributed by atoms with Crippen LogP contribution in [0, 0.1) is 12.7 Å². The Labute approximate surface area is 183 Å². The van der Waals surface area contributed by atoms with Gasteiger partial charge in [0.1, 0.15) is 11.9 Å². The van der Waals surface area contributed by atoms with Crippen molar-refractivity contribution < 1.29 is 14.0 Å². The van der Waals surface area contributed by atoms with E-state index >= 15 is 0 Å². The van der Waals surface area contributed by atoms with Gasteiger partial charge in [-0.3, -0.25) is 9.59 Å². The van der Waals surface area contributed by atoms with Crippen LogP contribution in [0.3, 0.4) is 0 Å². The molecular formula is C24H31FN2O2S. The summed E-state index contributed by atoms with van der Waals surface area (Å²) >= 11 is 1.54. The molecule has 2 aromatic rings. The molecule has 0 aliphatic carbocycles. The van der Waals surface area contributed by atoms with Gasteiger partial charge in [-0.05, 0) is 49.1 Å². The van der Waals surface area contributed by atoms with E-state index in [0.717, 1.165) is 24.2 Å². The average molecular weight is 431 g/mol. The zero-order chi connectivity index (χ0) is 21.9. The molecule has 0 saturated carbocycles. The number of nitrogens with zero attached hydrogens (tertiary/aromatic N) is 1. The molecule has 4 nitrogen and oxygen atoms in total. The number of halogens is 1. The minimum absolute atomic E-state index is 0.101. The summed E-state index contributed by atoms with van der Waals surface area (Å²) in [5, 5.41) is 2.90. The van der Waals surface area contributed by atoms with Gasteiger partial charge in [-0.25, -0.2) is 4.39 Å². The Morgan fingerprint density at radius 2 is 1.83 bits per heavy atom. The summed E-state index contributed by atoms with van der Waals surface area (Å²) in [7, 11) is 0. The lowest BCUT2D eigenvalue weighted by atomic mass is 10.1. The zero-order valence-corrected chi connectivity index (χ0v) is 18.8. The van der Waals surface area contributed by atoms with Gasteiger partial charge in [0.2, 0.25) is 11.8 Å². The summed E-state index contributed by atoms with van der Waals surface area (Å²) in [6, 6.07) is 13.6. The van der Waals surface area contributed by atoms with Gasteiger partial charge in [0.25, 0.3) is 0 Å². The van der Waals surface area contributed by atoms with Crippen molar-refractivity contribution in [3.8, 4) is 0 Å². The lowest BCUT2D eigenvalue weighted by Crippen LogP contribution is -2.48. The molecule has 0 aliphatic heterocycles. The molecular weight excluding hydrogens is 399 g/mol. The van der Waals surface area contributed by atoms with Crippen molar-refractivity contribution in [2.45, 2.75) is 52.0 Å². The molecule has 30 heavy (non-hydrogen) atoms. The van der Waals surface area contributed by atoms with Gasteiger partial charge in [0, 0.05) is 18.8 Å². The van der Waals surface area contributed by atoms with E-state index in [1.54, 1.807) is 24.0 Å². The highest BCUT2D eigenvalue weighted by Gasteiger charge is 2.25. The topological polar surface area (TPSA) is 49.4 Å². The van der Waals surface area contributed by atoms with Crippen molar-refractivity contribution in [3.05, 3.63) is 71.0 Å². The number of aryl methyl sites for hydroxylation is 1. The number of rotatable bonds is 11. The normalized spacial score (nSPS) is 11.7. The van der Waals surface area contributed by atoms with E-state index in [2.05, 4.69) is 31.3 Å². The second-order valence-corrected chi connectivity index (χ2v) is 8.37. The molecule has 162 valence electrons. The van der Waals surface area contributed by atoms with Crippen molar-refractivity contribution in [3.63, 3.8) is 0 Å². The van der Waals surface area contributed by atoms with Crippen LogP contribution >= 0.6 is 11.8 Å². The van der Waals surface area contributed by atoms with E-state index in [1.807, 2.05) is 12.1 Å². The summed E-state index contributed by atoms with van der Waals surface area (Å²) < 4.78 is 13.3. The number of hydrogen-bond acceptors (Lipinski definition) is 3. The second-order valence-electron chi connectivity index (χ2n) is 7.39. The van der Waals surface area contributed by atoms with Crippen molar-refractivity contribution in [2.24, 2.45) is 0 Å². The summed E-state index contributed by atoms with van der Waals surface area (Å²) in [4.78, 5) is 27.2. The number of amides is 2. The van der Waals surface area contributed by atoms with Gasteiger partial charge < -0.3 is 10.2 Å². The largest absolute Gasteiger partial charge is 0.354 e. The molecule has 0 radical (unpaired) electrons. The fourth-order valence-electron chi connectivity index (χ4n) is 3.01. The van der Waals surface area contributed by atoms with Gasteiger partial charge in [-0.1, -0.05) is 49.7 Å². The Balaban J connectivity index is 2.04. The zero-order valence-electron chi connectivity index (χ0n) is 18.0. The second kappa shape index (κ2) is 12.4. The number of thioether (sulfide) groups is 1. The van der Waals surface area contributed by atoms with Crippen LogP contribution in [0.15, 0.2) is 48.5 Å². The first kappa shape index (κ1) is 23.9. The third-order valence-electron chi connectivity index (χ3n) is 5.01. The number of hydrogen-bond donors (Lipinski definition) is 1. The van der Waals surface area contributed by atoms with Gasteiger partial charge in [0.05, 0.1) is 5.75 Å². The average Bonchev–Trinajstić information content (AvgIpc) is 2.74. The maximum Gasteiger partial charge on any atom is 0.242 e. The maximum atomic E-state index is 13.3. The van der Waals surface area contributed by atoms with Crippen LogP contribution in [0.4, 0.5) is 4.39 Å². The van der Waals surface area contributed by atoms with E-state index in [9.17, 15) is 14.0 Å². The molecule has 0 spiro atoms. The molecule has 2 rings (SSSR count). The van der Waals surface area contributed by atoms with Crippen molar-refractivity contribution in [1.29, 1.82) is 0 Å². The number of unbranched alkanes of at least 4 members (excludes halogenated alkanes) is 1.